The molecule has 0 saturated carbocycles. The summed E-state index contributed by atoms with van der Waals surface area (Å²) >= 11 is 6.24. The Kier molecular flexibility index (Phi) is 6.54. The lowest BCUT2D eigenvalue weighted by Gasteiger charge is -2.33. The van der Waals surface area contributed by atoms with Gasteiger partial charge in [-0.1, -0.05) is 30.7 Å². The zero-order chi connectivity index (χ0) is 18.5. The van der Waals surface area contributed by atoms with Gasteiger partial charge in [-0.2, -0.15) is 0 Å². The van der Waals surface area contributed by atoms with Crippen LogP contribution in [0.5, 0.6) is 0 Å². The molecule has 0 bridgehead atoms. The second-order valence-electron chi connectivity index (χ2n) is 7.47. The Hall–Kier alpha value is -1.59. The van der Waals surface area contributed by atoms with Crippen molar-refractivity contribution in [3.63, 3.8) is 0 Å². The van der Waals surface area contributed by atoms with Crippen molar-refractivity contribution in [2.24, 2.45) is 11.8 Å². The first-order valence-corrected chi connectivity index (χ1v) is 10.00. The molecule has 0 aromatic heterocycles. The number of hydrogen-bond acceptors (Lipinski definition) is 3. The van der Waals surface area contributed by atoms with Crippen LogP contribution in [-0.2, 0) is 9.59 Å². The summed E-state index contributed by atoms with van der Waals surface area (Å²) < 4.78 is 0. The van der Waals surface area contributed by atoms with Gasteiger partial charge < -0.3 is 15.5 Å². The summed E-state index contributed by atoms with van der Waals surface area (Å²) in [5, 5.41) is 6.89. The van der Waals surface area contributed by atoms with Crippen molar-refractivity contribution in [2.45, 2.75) is 45.1 Å². The third kappa shape index (κ3) is 4.57. The van der Waals surface area contributed by atoms with Crippen LogP contribution in [0, 0.1) is 11.8 Å². The molecule has 2 aliphatic heterocycles. The molecule has 2 atom stereocenters. The van der Waals surface area contributed by atoms with Crippen LogP contribution in [0.15, 0.2) is 24.3 Å². The summed E-state index contributed by atoms with van der Waals surface area (Å²) in [5.74, 6) is 0.849. The number of rotatable bonds is 5. The van der Waals surface area contributed by atoms with Crippen molar-refractivity contribution in [3.8, 4) is 0 Å². The topological polar surface area (TPSA) is 61.4 Å². The Morgan fingerprint density at radius 1 is 1.31 bits per heavy atom. The molecule has 1 aromatic rings. The molecule has 3 rings (SSSR count). The Labute approximate surface area is 160 Å². The van der Waals surface area contributed by atoms with Gasteiger partial charge in [0.1, 0.15) is 6.04 Å². The largest absolute Gasteiger partial charge is 0.344 e. The van der Waals surface area contributed by atoms with Crippen molar-refractivity contribution in [3.05, 3.63) is 29.3 Å². The monoisotopic (exact) mass is 377 g/mol. The third-order valence-corrected chi connectivity index (χ3v) is 5.93. The number of amides is 2. The van der Waals surface area contributed by atoms with Crippen LogP contribution < -0.4 is 15.5 Å². The minimum atomic E-state index is -0.451. The van der Waals surface area contributed by atoms with Gasteiger partial charge in [0.2, 0.25) is 11.8 Å². The Morgan fingerprint density at radius 2 is 2.04 bits per heavy atom. The van der Waals surface area contributed by atoms with Crippen LogP contribution in [0.1, 0.15) is 39.0 Å². The van der Waals surface area contributed by atoms with E-state index in [4.69, 9.17) is 11.6 Å². The summed E-state index contributed by atoms with van der Waals surface area (Å²) in [6, 6.07) is 6.91. The molecule has 2 saturated heterocycles. The van der Waals surface area contributed by atoms with Gasteiger partial charge in [0.25, 0.3) is 0 Å². The molecule has 6 heteroatoms. The van der Waals surface area contributed by atoms with E-state index in [2.05, 4.69) is 17.6 Å². The maximum atomic E-state index is 12.8. The number of nitrogens with zero attached hydrogens (tertiary/aromatic N) is 1. The minimum absolute atomic E-state index is 0.0182. The van der Waals surface area contributed by atoms with Crippen LogP contribution in [-0.4, -0.2) is 37.5 Å². The molecule has 26 heavy (non-hydrogen) atoms. The highest BCUT2D eigenvalue weighted by Gasteiger charge is 2.32. The summed E-state index contributed by atoms with van der Waals surface area (Å²) in [6.07, 6.45) is 4.27. The Balaban J connectivity index is 1.57. The molecule has 0 radical (unpaired) electrons. The molecule has 142 valence electrons. The number of halogens is 1. The second-order valence-corrected chi connectivity index (χ2v) is 7.88. The van der Waals surface area contributed by atoms with Crippen LogP contribution in [0.2, 0.25) is 5.02 Å². The molecule has 0 spiro atoms. The highest BCUT2D eigenvalue weighted by atomic mass is 35.5. The molecule has 0 aliphatic carbocycles. The molecule has 2 aliphatic rings. The second kappa shape index (κ2) is 8.87. The number of para-hydroxylation sites is 1. The lowest BCUT2D eigenvalue weighted by Crippen LogP contribution is -2.52. The molecular formula is C20H28ClN3O2. The molecular weight excluding hydrogens is 350 g/mol. The van der Waals surface area contributed by atoms with Crippen molar-refractivity contribution in [1.82, 2.24) is 10.6 Å². The number of benzene rings is 1. The van der Waals surface area contributed by atoms with E-state index in [1.165, 1.54) is 0 Å². The van der Waals surface area contributed by atoms with Crippen LogP contribution in [0.3, 0.4) is 0 Å². The molecule has 2 amide bonds. The number of carbonyl (C=O) groups excluding carboxylic acids is 2. The van der Waals surface area contributed by atoms with E-state index in [-0.39, 0.29) is 11.8 Å². The first kappa shape index (κ1) is 19.2. The van der Waals surface area contributed by atoms with Crippen LogP contribution in [0.25, 0.3) is 0 Å². The number of hydrogen-bond donors (Lipinski definition) is 2. The first-order chi connectivity index (χ1) is 12.6. The van der Waals surface area contributed by atoms with Gasteiger partial charge in [0.15, 0.2) is 0 Å². The zero-order valence-corrected chi connectivity index (χ0v) is 16.1. The Bertz CT molecular complexity index is 646. The minimum Gasteiger partial charge on any atom is -0.344 e. The van der Waals surface area contributed by atoms with Crippen molar-refractivity contribution in [1.29, 1.82) is 0 Å². The summed E-state index contributed by atoms with van der Waals surface area (Å²) in [7, 11) is 0. The van der Waals surface area contributed by atoms with E-state index in [0.29, 0.717) is 36.2 Å². The zero-order valence-electron chi connectivity index (χ0n) is 15.3. The van der Waals surface area contributed by atoms with Crippen molar-refractivity contribution < 1.29 is 9.59 Å². The summed E-state index contributed by atoms with van der Waals surface area (Å²) in [4.78, 5) is 27.0. The third-order valence-electron chi connectivity index (χ3n) is 5.61. The molecule has 1 aromatic carbocycles. The Morgan fingerprint density at radius 3 is 2.77 bits per heavy atom. The summed E-state index contributed by atoms with van der Waals surface area (Å²) in [5.41, 5.74) is 0.723. The molecule has 2 fully saturated rings. The fourth-order valence-corrected chi connectivity index (χ4v) is 4.28. The number of carbonyl (C=O) groups is 2. The van der Waals surface area contributed by atoms with Gasteiger partial charge in [-0.3, -0.25) is 9.59 Å². The predicted octanol–water partition coefficient (Wildman–Crippen LogP) is 2.98. The van der Waals surface area contributed by atoms with Gasteiger partial charge in [0.05, 0.1) is 10.7 Å². The average Bonchev–Trinajstić information content (AvgIpc) is 2.65. The van der Waals surface area contributed by atoms with Crippen LogP contribution in [0.4, 0.5) is 5.69 Å². The lowest BCUT2D eigenvalue weighted by atomic mass is 9.84. The summed E-state index contributed by atoms with van der Waals surface area (Å²) in [6.45, 7) is 4.85. The maximum absolute atomic E-state index is 12.8. The van der Waals surface area contributed by atoms with Crippen molar-refractivity contribution >= 4 is 29.1 Å². The normalized spacial score (nSPS) is 22.9. The van der Waals surface area contributed by atoms with Gasteiger partial charge in [-0.05, 0) is 62.7 Å². The maximum Gasteiger partial charge on any atom is 0.249 e. The van der Waals surface area contributed by atoms with Gasteiger partial charge in [0, 0.05) is 13.0 Å². The molecule has 2 heterocycles. The average molecular weight is 378 g/mol. The molecule has 2 unspecified atom stereocenters. The van der Waals surface area contributed by atoms with Gasteiger partial charge >= 0.3 is 0 Å². The SMILES string of the molecule is CC(CC(=O)NC1CCCN(c2ccccc2Cl)C1=O)C1CCNCC1. The van der Waals surface area contributed by atoms with Gasteiger partial charge in [-0.25, -0.2) is 0 Å². The quantitative estimate of drug-likeness (QED) is 0.829. The smallest absolute Gasteiger partial charge is 0.249 e. The number of piperidine rings is 2. The highest BCUT2D eigenvalue weighted by Crippen LogP contribution is 2.29. The van der Waals surface area contributed by atoms with E-state index in [0.717, 1.165) is 38.0 Å². The first-order valence-electron chi connectivity index (χ1n) is 9.62. The predicted molar refractivity (Wildman–Crippen MR) is 104 cm³/mol. The van der Waals surface area contributed by atoms with Gasteiger partial charge in [-0.15, -0.1) is 0 Å². The molecule has 2 N–H and O–H groups in total. The highest BCUT2D eigenvalue weighted by molar-refractivity contribution is 6.33. The lowest BCUT2D eigenvalue weighted by molar-refractivity contribution is -0.129. The molecule has 5 nitrogen and oxygen atoms in total. The fraction of sp³-hybridized carbons (Fsp3) is 0.600. The van der Waals surface area contributed by atoms with E-state index in [1.807, 2.05) is 18.2 Å². The van der Waals surface area contributed by atoms with E-state index in [9.17, 15) is 9.59 Å². The standard InChI is InChI=1S/C20H28ClN3O2/c1-14(15-8-10-22-11-9-15)13-19(25)23-17-6-4-12-24(20(17)26)18-7-3-2-5-16(18)21/h2-3,5,7,14-15,17,22H,4,6,8-13H2,1H3,(H,23,25). The van der Waals surface area contributed by atoms with Crippen LogP contribution >= 0.6 is 11.6 Å². The fourth-order valence-electron chi connectivity index (χ4n) is 4.04. The number of nitrogens with one attached hydrogen (secondary N) is 2. The van der Waals surface area contributed by atoms with E-state index >= 15 is 0 Å². The van der Waals surface area contributed by atoms with E-state index in [1.54, 1.807) is 11.0 Å². The van der Waals surface area contributed by atoms with E-state index < -0.39 is 6.04 Å². The van der Waals surface area contributed by atoms with Crippen molar-refractivity contribution in [2.75, 3.05) is 24.5 Å². The number of anilines is 1.